The fourth-order valence-electron chi connectivity index (χ4n) is 2.25. The maximum absolute atomic E-state index is 11.0. The van der Waals surface area contributed by atoms with Crippen LogP contribution < -0.4 is 27.6 Å². The minimum absolute atomic E-state index is 0. The number of amides is 1. The Morgan fingerprint density at radius 2 is 1.91 bits per heavy atom. The van der Waals surface area contributed by atoms with E-state index in [9.17, 15) is 4.79 Å². The van der Waals surface area contributed by atoms with Crippen molar-refractivity contribution >= 4 is 5.91 Å². The molecule has 2 fully saturated rings. The number of carbonyl (C=O) groups is 1. The molecule has 0 radical (unpaired) electrons. The minimum Gasteiger partial charge on any atom is -1.00 e. The van der Waals surface area contributed by atoms with Gasteiger partial charge in [-0.25, -0.2) is 0 Å². The highest BCUT2D eigenvalue weighted by Crippen LogP contribution is 2.30. The van der Waals surface area contributed by atoms with Crippen LogP contribution in [-0.2, 0) is 4.79 Å². The number of rotatable bonds is 1. The van der Waals surface area contributed by atoms with Crippen LogP contribution in [0.25, 0.3) is 0 Å². The molecule has 0 saturated carbocycles. The van der Waals surface area contributed by atoms with E-state index >= 15 is 0 Å². The Morgan fingerprint density at radius 3 is 2.09 bits per heavy atom. The summed E-state index contributed by atoms with van der Waals surface area (Å²) in [4.78, 5) is 12.6. The van der Waals surface area contributed by atoms with Gasteiger partial charge in [0.25, 0.3) is 0 Å². The summed E-state index contributed by atoms with van der Waals surface area (Å²) in [6.45, 7) is 3.31. The van der Waals surface area contributed by atoms with E-state index in [0.29, 0.717) is 0 Å². The summed E-state index contributed by atoms with van der Waals surface area (Å²) in [5.74, 6) is -0.0694. The highest BCUT2D eigenvalue weighted by molar-refractivity contribution is 5.81. The second-order valence-electron chi connectivity index (χ2n) is 3.57. The SMILES string of the molecule is NC(=O)C12CC[NH+](CC1)C2.[Br-]. The summed E-state index contributed by atoms with van der Waals surface area (Å²) >= 11 is 0. The quantitative estimate of drug-likeness (QED) is 0.458. The molecule has 0 aliphatic carbocycles. The third kappa shape index (κ3) is 1.18. The van der Waals surface area contributed by atoms with E-state index in [2.05, 4.69) is 0 Å². The molecule has 0 atom stereocenters. The Kier molecular flexibility index (Phi) is 2.25. The van der Waals surface area contributed by atoms with Gasteiger partial charge in [0.1, 0.15) is 5.41 Å². The van der Waals surface area contributed by atoms with Crippen LogP contribution in [0.1, 0.15) is 12.8 Å². The van der Waals surface area contributed by atoms with Crippen LogP contribution in [0.4, 0.5) is 0 Å². The monoisotopic (exact) mass is 220 g/mol. The molecule has 2 heterocycles. The standard InChI is InChI=1S/C7H12N2O.BrH/c8-6(10)7-1-3-9(5-7)4-2-7;/h1-5H2,(H2,8,10);1H. The largest absolute Gasteiger partial charge is 1.00 e. The lowest BCUT2D eigenvalue weighted by atomic mass is 9.84. The molecule has 2 saturated heterocycles. The third-order valence-corrected chi connectivity index (χ3v) is 3.03. The Bertz CT molecular complexity index is 175. The number of halogens is 1. The van der Waals surface area contributed by atoms with E-state index in [1.54, 1.807) is 4.90 Å². The zero-order valence-electron chi connectivity index (χ0n) is 6.40. The number of quaternary nitrogens is 1. The van der Waals surface area contributed by atoms with E-state index in [1.165, 1.54) is 0 Å². The van der Waals surface area contributed by atoms with Crippen molar-refractivity contribution in [2.75, 3.05) is 19.6 Å². The molecule has 2 aliphatic rings. The third-order valence-electron chi connectivity index (χ3n) is 3.03. The Morgan fingerprint density at radius 1 is 1.36 bits per heavy atom. The molecule has 4 heteroatoms. The fourth-order valence-corrected chi connectivity index (χ4v) is 2.25. The molecule has 11 heavy (non-hydrogen) atoms. The molecular formula is C7H13BrN2O. The summed E-state index contributed by atoms with van der Waals surface area (Å²) in [6, 6.07) is 0. The lowest BCUT2D eigenvalue weighted by Gasteiger charge is -2.16. The Hall–Kier alpha value is -0.0900. The molecule has 0 aromatic heterocycles. The summed E-state index contributed by atoms with van der Waals surface area (Å²) in [6.07, 6.45) is 2.05. The van der Waals surface area contributed by atoms with Gasteiger partial charge < -0.3 is 27.6 Å². The van der Waals surface area contributed by atoms with Crippen LogP contribution in [-0.4, -0.2) is 25.5 Å². The smallest absolute Gasteiger partial charge is 0.229 e. The number of piperidine rings is 1. The van der Waals surface area contributed by atoms with Crippen molar-refractivity contribution in [3.05, 3.63) is 0 Å². The molecule has 2 aliphatic heterocycles. The molecular weight excluding hydrogens is 208 g/mol. The number of hydrogen-bond acceptors (Lipinski definition) is 1. The van der Waals surface area contributed by atoms with Crippen molar-refractivity contribution < 1.29 is 26.7 Å². The molecule has 0 unspecified atom stereocenters. The molecule has 0 aromatic carbocycles. The van der Waals surface area contributed by atoms with E-state index in [0.717, 1.165) is 32.5 Å². The Labute approximate surface area is 76.7 Å². The number of fused-ring (bicyclic) bond motifs is 2. The van der Waals surface area contributed by atoms with Gasteiger partial charge in [-0.1, -0.05) is 0 Å². The number of carbonyl (C=O) groups excluding carboxylic acids is 1. The van der Waals surface area contributed by atoms with Gasteiger partial charge >= 0.3 is 0 Å². The molecule has 64 valence electrons. The second kappa shape index (κ2) is 2.75. The summed E-state index contributed by atoms with van der Waals surface area (Å²) in [5, 5.41) is 0. The van der Waals surface area contributed by atoms with Crippen molar-refractivity contribution in [2.45, 2.75) is 12.8 Å². The first kappa shape index (κ1) is 9.00. The van der Waals surface area contributed by atoms with Gasteiger partial charge in [-0.3, -0.25) is 4.79 Å². The lowest BCUT2D eigenvalue weighted by molar-refractivity contribution is -0.879. The molecule has 0 aromatic rings. The number of nitrogens with one attached hydrogen (secondary N) is 1. The van der Waals surface area contributed by atoms with Crippen molar-refractivity contribution in [3.63, 3.8) is 0 Å². The van der Waals surface area contributed by atoms with Gasteiger partial charge in [-0.2, -0.15) is 0 Å². The van der Waals surface area contributed by atoms with Gasteiger partial charge in [-0.15, -0.1) is 0 Å². The van der Waals surface area contributed by atoms with Crippen LogP contribution >= 0.6 is 0 Å². The van der Waals surface area contributed by atoms with Crippen LogP contribution in [0.3, 0.4) is 0 Å². The highest BCUT2D eigenvalue weighted by Gasteiger charge is 2.51. The molecule has 3 N–H and O–H groups in total. The number of nitrogens with two attached hydrogens (primary N) is 1. The molecule has 1 amide bonds. The first-order chi connectivity index (χ1) is 4.73. The first-order valence-electron chi connectivity index (χ1n) is 3.86. The van der Waals surface area contributed by atoms with Crippen molar-refractivity contribution in [1.82, 2.24) is 0 Å². The maximum Gasteiger partial charge on any atom is 0.229 e. The topological polar surface area (TPSA) is 47.5 Å². The highest BCUT2D eigenvalue weighted by atomic mass is 79.9. The van der Waals surface area contributed by atoms with Crippen LogP contribution in [0.2, 0.25) is 0 Å². The lowest BCUT2D eigenvalue weighted by Crippen LogP contribution is -3.08. The fraction of sp³-hybridized carbons (Fsp3) is 0.857. The predicted octanol–water partition coefficient (Wildman–Crippen LogP) is -4.85. The van der Waals surface area contributed by atoms with E-state index in [1.807, 2.05) is 0 Å². The second-order valence-corrected chi connectivity index (χ2v) is 3.57. The van der Waals surface area contributed by atoms with E-state index in [4.69, 9.17) is 5.73 Å². The zero-order valence-corrected chi connectivity index (χ0v) is 7.99. The Balaban J connectivity index is 0.000000605. The van der Waals surface area contributed by atoms with Crippen LogP contribution in [0.5, 0.6) is 0 Å². The van der Waals surface area contributed by atoms with Gasteiger partial charge in [-0.05, 0) is 0 Å². The predicted molar refractivity (Wildman–Crippen MR) is 36.4 cm³/mol. The first-order valence-corrected chi connectivity index (χ1v) is 3.86. The molecule has 2 rings (SSSR count). The summed E-state index contributed by atoms with van der Waals surface area (Å²) in [7, 11) is 0. The number of hydrogen-bond donors (Lipinski definition) is 2. The average Bonchev–Trinajstić information content (AvgIpc) is 2.45. The maximum atomic E-state index is 11.0. The molecule has 2 bridgehead atoms. The average molecular weight is 221 g/mol. The normalized spacial score (nSPS) is 40.2. The van der Waals surface area contributed by atoms with Crippen LogP contribution in [0.15, 0.2) is 0 Å². The van der Waals surface area contributed by atoms with Gasteiger partial charge in [0.2, 0.25) is 5.91 Å². The van der Waals surface area contributed by atoms with E-state index in [-0.39, 0.29) is 28.3 Å². The minimum atomic E-state index is -0.0880. The van der Waals surface area contributed by atoms with Crippen molar-refractivity contribution in [3.8, 4) is 0 Å². The van der Waals surface area contributed by atoms with Gasteiger partial charge in [0.05, 0.1) is 19.6 Å². The summed E-state index contributed by atoms with van der Waals surface area (Å²) in [5.41, 5.74) is 5.23. The van der Waals surface area contributed by atoms with Crippen LogP contribution in [0, 0.1) is 5.41 Å². The van der Waals surface area contributed by atoms with E-state index < -0.39 is 0 Å². The molecule has 3 nitrogen and oxygen atoms in total. The molecule has 0 spiro atoms. The van der Waals surface area contributed by atoms with Gasteiger partial charge in [0, 0.05) is 12.8 Å². The van der Waals surface area contributed by atoms with Crippen molar-refractivity contribution in [1.29, 1.82) is 0 Å². The zero-order chi connectivity index (χ0) is 7.19. The number of primary amides is 1. The van der Waals surface area contributed by atoms with Crippen molar-refractivity contribution in [2.24, 2.45) is 11.1 Å². The summed E-state index contributed by atoms with van der Waals surface area (Å²) < 4.78 is 0. The van der Waals surface area contributed by atoms with Gasteiger partial charge in [0.15, 0.2) is 0 Å².